The minimum Gasteiger partial charge on any atom is -0.458 e. The van der Waals surface area contributed by atoms with Crippen molar-refractivity contribution in [2.75, 3.05) is 19.1 Å². The summed E-state index contributed by atoms with van der Waals surface area (Å²) in [5.74, 6) is -0.858. The molecule has 2 aromatic carbocycles. The normalized spacial score (nSPS) is 15.6. The summed E-state index contributed by atoms with van der Waals surface area (Å²) in [5.41, 5.74) is 1.78. The van der Waals surface area contributed by atoms with Gasteiger partial charge in [0.1, 0.15) is 11.3 Å². The van der Waals surface area contributed by atoms with Gasteiger partial charge in [-0.2, -0.15) is 5.10 Å². The maximum atomic E-state index is 13.2. The van der Waals surface area contributed by atoms with Crippen LogP contribution in [0.4, 0.5) is 5.69 Å². The highest BCUT2D eigenvalue weighted by atomic mass is 16.6. The maximum Gasteiger partial charge on any atom is 0.331 e. The van der Waals surface area contributed by atoms with Crippen molar-refractivity contribution in [2.24, 2.45) is 5.10 Å². The van der Waals surface area contributed by atoms with E-state index in [2.05, 4.69) is 10.4 Å². The summed E-state index contributed by atoms with van der Waals surface area (Å²) >= 11 is 0. The van der Waals surface area contributed by atoms with Crippen molar-refractivity contribution >= 4 is 29.2 Å². The summed E-state index contributed by atoms with van der Waals surface area (Å²) in [6.45, 7) is 5.77. The van der Waals surface area contributed by atoms with Crippen molar-refractivity contribution in [2.45, 2.75) is 45.4 Å². The number of nitrogens with one attached hydrogen (secondary N) is 1. The smallest absolute Gasteiger partial charge is 0.331 e. The van der Waals surface area contributed by atoms with E-state index in [-0.39, 0.29) is 18.2 Å². The van der Waals surface area contributed by atoms with E-state index >= 15 is 0 Å². The van der Waals surface area contributed by atoms with E-state index in [9.17, 15) is 14.4 Å². The average molecular weight is 451 g/mol. The van der Waals surface area contributed by atoms with E-state index in [1.807, 2.05) is 63.2 Å². The second-order valence-electron chi connectivity index (χ2n) is 8.92. The average Bonchev–Trinajstić information content (AvgIpc) is 3.23. The molecule has 8 nitrogen and oxygen atoms in total. The summed E-state index contributed by atoms with van der Waals surface area (Å²) in [6, 6.07) is 15.6. The zero-order valence-electron chi connectivity index (χ0n) is 19.7. The van der Waals surface area contributed by atoms with Crippen molar-refractivity contribution in [3.8, 4) is 0 Å². The van der Waals surface area contributed by atoms with Gasteiger partial charge in [0.2, 0.25) is 0 Å². The van der Waals surface area contributed by atoms with Crippen LogP contribution in [0.5, 0.6) is 0 Å². The third-order valence-electron chi connectivity index (χ3n) is 5.07. The van der Waals surface area contributed by atoms with Crippen LogP contribution in [0.25, 0.3) is 0 Å². The van der Waals surface area contributed by atoms with E-state index in [1.54, 1.807) is 36.1 Å². The number of rotatable bonds is 6. The monoisotopic (exact) mass is 450 g/mol. The van der Waals surface area contributed by atoms with E-state index in [4.69, 9.17) is 4.74 Å². The summed E-state index contributed by atoms with van der Waals surface area (Å²) in [7, 11) is 3.26. The number of para-hydroxylation sites is 1. The molecule has 1 unspecified atom stereocenters. The van der Waals surface area contributed by atoms with Crippen LogP contribution < -0.4 is 10.3 Å². The summed E-state index contributed by atoms with van der Waals surface area (Å²) in [4.78, 5) is 39.3. The first-order valence-corrected chi connectivity index (χ1v) is 10.8. The fourth-order valence-electron chi connectivity index (χ4n) is 3.48. The molecule has 2 aromatic rings. The first kappa shape index (κ1) is 24.0. The lowest BCUT2D eigenvalue weighted by Gasteiger charge is -2.26. The minimum absolute atomic E-state index is 0.155. The van der Waals surface area contributed by atoms with E-state index in [0.717, 1.165) is 5.56 Å². The molecule has 8 heteroatoms. The molecular weight excluding hydrogens is 420 g/mol. The minimum atomic E-state index is -0.717. The number of carbonyl (C=O) groups is 3. The van der Waals surface area contributed by atoms with Crippen LogP contribution in [-0.2, 0) is 20.9 Å². The predicted molar refractivity (Wildman–Crippen MR) is 127 cm³/mol. The Labute approximate surface area is 194 Å². The van der Waals surface area contributed by atoms with Crippen molar-refractivity contribution in [1.29, 1.82) is 0 Å². The second-order valence-corrected chi connectivity index (χ2v) is 8.92. The van der Waals surface area contributed by atoms with Crippen LogP contribution in [0.3, 0.4) is 0 Å². The largest absolute Gasteiger partial charge is 0.458 e. The summed E-state index contributed by atoms with van der Waals surface area (Å²) < 4.78 is 5.59. The number of benzene rings is 2. The second kappa shape index (κ2) is 9.85. The van der Waals surface area contributed by atoms with Crippen molar-refractivity contribution in [3.05, 3.63) is 65.7 Å². The molecule has 0 spiro atoms. The van der Waals surface area contributed by atoms with Gasteiger partial charge >= 0.3 is 5.97 Å². The number of nitrogens with zero attached hydrogens (tertiary/aromatic N) is 3. The molecule has 174 valence electrons. The van der Waals surface area contributed by atoms with E-state index < -0.39 is 17.6 Å². The van der Waals surface area contributed by atoms with Crippen LogP contribution in [0, 0.1) is 0 Å². The van der Waals surface area contributed by atoms with Crippen LogP contribution in [0.15, 0.2) is 59.7 Å². The highest BCUT2D eigenvalue weighted by molar-refractivity contribution is 6.40. The van der Waals surface area contributed by atoms with Gasteiger partial charge in [-0.3, -0.25) is 14.6 Å². The van der Waals surface area contributed by atoms with Gasteiger partial charge in [-0.1, -0.05) is 30.3 Å². The zero-order chi connectivity index (χ0) is 24.2. The first-order valence-electron chi connectivity index (χ1n) is 10.8. The van der Waals surface area contributed by atoms with Gasteiger partial charge in [-0.25, -0.2) is 4.79 Å². The SMILES string of the molecule is CNC(=O)c1ccc(CN(C)C(=O)C2=NN(c3ccccc3)C(C(=O)OC(C)(C)C)C2)cc1. The fraction of sp³-hybridized carbons (Fsp3) is 0.360. The molecule has 1 atom stereocenters. The molecule has 3 rings (SSSR count). The molecule has 1 aliphatic heterocycles. The number of carbonyl (C=O) groups excluding carboxylic acids is 3. The molecule has 0 saturated heterocycles. The van der Waals surface area contributed by atoms with E-state index in [1.165, 1.54) is 0 Å². The predicted octanol–water partition coefficient (Wildman–Crippen LogP) is 2.98. The molecule has 0 aromatic heterocycles. The van der Waals surface area contributed by atoms with Crippen molar-refractivity contribution in [3.63, 3.8) is 0 Å². The molecule has 1 N–H and O–H groups in total. The Morgan fingerprint density at radius 3 is 2.30 bits per heavy atom. The third kappa shape index (κ3) is 5.97. The molecule has 1 heterocycles. The molecule has 0 fully saturated rings. The summed E-state index contributed by atoms with van der Waals surface area (Å²) in [5, 5.41) is 8.65. The number of hydrogen-bond acceptors (Lipinski definition) is 6. The highest BCUT2D eigenvalue weighted by Crippen LogP contribution is 2.27. The molecule has 0 saturated carbocycles. The van der Waals surface area contributed by atoms with Crippen LogP contribution in [0.2, 0.25) is 0 Å². The van der Waals surface area contributed by atoms with Crippen LogP contribution in [-0.4, -0.2) is 54.1 Å². The van der Waals surface area contributed by atoms with Gasteiger partial charge in [0.25, 0.3) is 11.8 Å². The quantitative estimate of drug-likeness (QED) is 0.684. The van der Waals surface area contributed by atoms with Crippen LogP contribution in [0.1, 0.15) is 43.1 Å². The molecule has 0 aliphatic carbocycles. The van der Waals surface area contributed by atoms with Crippen molar-refractivity contribution < 1.29 is 19.1 Å². The number of hydrazone groups is 1. The zero-order valence-corrected chi connectivity index (χ0v) is 19.7. The highest BCUT2D eigenvalue weighted by Gasteiger charge is 2.39. The van der Waals surface area contributed by atoms with Gasteiger partial charge in [0.15, 0.2) is 6.04 Å². The molecule has 0 radical (unpaired) electrons. The number of esters is 1. The van der Waals surface area contributed by atoms with Gasteiger partial charge < -0.3 is 15.0 Å². The third-order valence-corrected chi connectivity index (χ3v) is 5.07. The number of amides is 2. The van der Waals surface area contributed by atoms with Gasteiger partial charge in [0, 0.05) is 32.6 Å². The molecule has 2 amide bonds. The van der Waals surface area contributed by atoms with Gasteiger partial charge in [-0.05, 0) is 50.6 Å². The fourth-order valence-corrected chi connectivity index (χ4v) is 3.48. The molecule has 33 heavy (non-hydrogen) atoms. The molecule has 1 aliphatic rings. The Morgan fingerprint density at radius 1 is 1.09 bits per heavy atom. The Morgan fingerprint density at radius 2 is 1.73 bits per heavy atom. The first-order chi connectivity index (χ1) is 15.6. The van der Waals surface area contributed by atoms with Crippen LogP contribution >= 0.6 is 0 Å². The molecule has 0 bridgehead atoms. The van der Waals surface area contributed by atoms with Gasteiger partial charge in [-0.15, -0.1) is 0 Å². The van der Waals surface area contributed by atoms with E-state index in [0.29, 0.717) is 23.5 Å². The Kier molecular flexibility index (Phi) is 7.16. The Hall–Kier alpha value is -3.68. The Balaban J connectivity index is 1.77. The Bertz CT molecular complexity index is 1040. The standard InChI is InChI=1S/C25H30N4O4/c1-25(2,3)33-24(32)21-15-20(27-29(21)19-9-7-6-8-10-19)23(31)28(5)16-17-11-13-18(14-12-17)22(30)26-4/h6-14,21H,15-16H2,1-5H3,(H,26,30). The van der Waals surface area contributed by atoms with Crippen molar-refractivity contribution in [1.82, 2.24) is 10.2 Å². The number of anilines is 1. The lowest BCUT2D eigenvalue weighted by atomic mass is 10.1. The lowest BCUT2D eigenvalue weighted by Crippen LogP contribution is -2.40. The summed E-state index contributed by atoms with van der Waals surface area (Å²) in [6.07, 6.45) is 0.155. The number of hydrogen-bond donors (Lipinski definition) is 1. The lowest BCUT2D eigenvalue weighted by molar-refractivity contribution is -0.156. The number of ether oxygens (including phenoxy) is 1. The topological polar surface area (TPSA) is 91.3 Å². The maximum absolute atomic E-state index is 13.2. The van der Waals surface area contributed by atoms with Gasteiger partial charge in [0.05, 0.1) is 5.69 Å². The molecular formula is C25H30N4O4.